The summed E-state index contributed by atoms with van der Waals surface area (Å²) in [5.41, 5.74) is 0. The third-order valence-electron chi connectivity index (χ3n) is 3.28. The Kier molecular flexibility index (Phi) is 3.80. The molecule has 0 amide bonds. The maximum Gasteiger partial charge on any atom is 0.406 e. The number of hydrogen-bond donors (Lipinski definition) is 1. The highest BCUT2D eigenvalue weighted by molar-refractivity contribution is 7.80. The van der Waals surface area contributed by atoms with Gasteiger partial charge >= 0.3 is 6.18 Å². The summed E-state index contributed by atoms with van der Waals surface area (Å²) in [5.74, 6) is 0. The van der Waals surface area contributed by atoms with Gasteiger partial charge in [-0.1, -0.05) is 12.8 Å². The van der Waals surface area contributed by atoms with E-state index in [1.807, 2.05) is 0 Å². The molecule has 0 radical (unpaired) electrons. The van der Waals surface area contributed by atoms with Crippen molar-refractivity contribution in [2.75, 3.05) is 6.54 Å². The molecule has 0 bridgehead atoms. The minimum absolute atomic E-state index is 0.00183. The van der Waals surface area contributed by atoms with Crippen molar-refractivity contribution in [3.63, 3.8) is 0 Å². The van der Waals surface area contributed by atoms with E-state index in [9.17, 15) is 13.2 Å². The molecule has 2 rings (SSSR count). The first-order valence-electron chi connectivity index (χ1n) is 6.09. The van der Waals surface area contributed by atoms with Crippen molar-refractivity contribution in [3.8, 4) is 0 Å². The van der Waals surface area contributed by atoms with Crippen LogP contribution in [-0.4, -0.2) is 34.8 Å². The minimum Gasteiger partial charge on any atom is -0.360 e. The van der Waals surface area contributed by atoms with Gasteiger partial charge in [-0.25, -0.2) is 0 Å². The zero-order valence-corrected chi connectivity index (χ0v) is 10.4. The number of alkyl halides is 3. The SMILES string of the molecule is FC(F)(F)CN(C(=S)NC1CCCC1)C1CC1. The molecular formula is C11H17F3N2S. The van der Waals surface area contributed by atoms with Crippen LogP contribution in [0.1, 0.15) is 38.5 Å². The van der Waals surface area contributed by atoms with Crippen molar-refractivity contribution >= 4 is 17.3 Å². The smallest absolute Gasteiger partial charge is 0.360 e. The molecule has 0 spiro atoms. The molecule has 0 atom stereocenters. The lowest BCUT2D eigenvalue weighted by molar-refractivity contribution is -0.138. The second-order valence-electron chi connectivity index (χ2n) is 4.91. The van der Waals surface area contributed by atoms with Gasteiger partial charge in [-0.05, 0) is 37.9 Å². The van der Waals surface area contributed by atoms with Crippen LogP contribution in [0, 0.1) is 0 Å². The molecule has 2 saturated carbocycles. The van der Waals surface area contributed by atoms with Crippen LogP contribution in [-0.2, 0) is 0 Å². The van der Waals surface area contributed by atoms with Crippen LogP contribution in [0.25, 0.3) is 0 Å². The van der Waals surface area contributed by atoms with Gasteiger partial charge in [0.15, 0.2) is 5.11 Å². The normalized spacial score (nSPS) is 21.6. The maximum absolute atomic E-state index is 12.4. The highest BCUT2D eigenvalue weighted by Crippen LogP contribution is 2.30. The molecule has 0 saturated heterocycles. The Hall–Kier alpha value is -0.520. The van der Waals surface area contributed by atoms with Crippen molar-refractivity contribution in [3.05, 3.63) is 0 Å². The van der Waals surface area contributed by atoms with Crippen LogP contribution < -0.4 is 5.32 Å². The van der Waals surface area contributed by atoms with Gasteiger partial charge in [0, 0.05) is 12.1 Å². The summed E-state index contributed by atoms with van der Waals surface area (Å²) in [4.78, 5) is 1.31. The molecule has 2 aliphatic carbocycles. The van der Waals surface area contributed by atoms with Crippen LogP contribution in [0.3, 0.4) is 0 Å². The predicted octanol–water partition coefficient (Wildman–Crippen LogP) is 2.83. The number of hydrogen-bond acceptors (Lipinski definition) is 1. The second kappa shape index (κ2) is 5.00. The third kappa shape index (κ3) is 4.01. The number of thiocarbonyl (C=S) groups is 1. The fourth-order valence-electron chi connectivity index (χ4n) is 2.27. The minimum atomic E-state index is -4.18. The second-order valence-corrected chi connectivity index (χ2v) is 5.29. The van der Waals surface area contributed by atoms with Gasteiger partial charge < -0.3 is 10.2 Å². The summed E-state index contributed by atoms with van der Waals surface area (Å²) in [6.07, 6.45) is 1.79. The molecule has 0 unspecified atom stereocenters. The van der Waals surface area contributed by atoms with E-state index in [4.69, 9.17) is 12.2 Å². The standard InChI is InChI=1S/C11H17F3N2S/c12-11(13,14)7-16(9-5-6-9)10(17)15-8-3-1-2-4-8/h8-9H,1-7H2,(H,15,17). The van der Waals surface area contributed by atoms with Crippen molar-refractivity contribution < 1.29 is 13.2 Å². The molecule has 2 nitrogen and oxygen atoms in total. The van der Waals surface area contributed by atoms with E-state index in [0.717, 1.165) is 38.5 Å². The first kappa shape index (κ1) is 12.9. The van der Waals surface area contributed by atoms with Crippen molar-refractivity contribution in [2.45, 2.75) is 56.8 Å². The Morgan fingerprint density at radius 1 is 1.18 bits per heavy atom. The number of halogens is 3. The van der Waals surface area contributed by atoms with Crippen LogP contribution in [0.5, 0.6) is 0 Å². The van der Waals surface area contributed by atoms with Crippen molar-refractivity contribution in [1.29, 1.82) is 0 Å². The van der Waals surface area contributed by atoms with Crippen molar-refractivity contribution in [1.82, 2.24) is 10.2 Å². The molecule has 0 aromatic carbocycles. The molecule has 2 aliphatic rings. The van der Waals surface area contributed by atoms with Crippen LogP contribution >= 0.6 is 12.2 Å². The van der Waals surface area contributed by atoms with Gasteiger partial charge in [-0.2, -0.15) is 13.2 Å². The van der Waals surface area contributed by atoms with Gasteiger partial charge in [0.2, 0.25) is 0 Å². The zero-order chi connectivity index (χ0) is 12.5. The monoisotopic (exact) mass is 266 g/mol. The lowest BCUT2D eigenvalue weighted by Gasteiger charge is -2.28. The van der Waals surface area contributed by atoms with E-state index in [-0.39, 0.29) is 17.2 Å². The average Bonchev–Trinajstić information content (AvgIpc) is 2.93. The average molecular weight is 266 g/mol. The van der Waals surface area contributed by atoms with Crippen molar-refractivity contribution in [2.24, 2.45) is 0 Å². The van der Waals surface area contributed by atoms with E-state index < -0.39 is 12.7 Å². The van der Waals surface area contributed by atoms with E-state index in [1.54, 1.807) is 0 Å². The van der Waals surface area contributed by atoms with E-state index in [2.05, 4.69) is 5.32 Å². The molecule has 6 heteroatoms. The summed E-state index contributed by atoms with van der Waals surface area (Å²) in [6, 6.07) is 0.273. The highest BCUT2D eigenvalue weighted by atomic mass is 32.1. The molecule has 0 heterocycles. The number of nitrogens with zero attached hydrogens (tertiary/aromatic N) is 1. The molecule has 0 aromatic heterocycles. The zero-order valence-electron chi connectivity index (χ0n) is 9.59. The number of rotatable bonds is 3. The van der Waals surface area contributed by atoms with Gasteiger partial charge in [-0.15, -0.1) is 0 Å². The Morgan fingerprint density at radius 3 is 2.24 bits per heavy atom. The Morgan fingerprint density at radius 2 is 1.76 bits per heavy atom. The Balaban J connectivity index is 1.88. The lowest BCUT2D eigenvalue weighted by Crippen LogP contribution is -2.48. The molecular weight excluding hydrogens is 249 g/mol. The Bertz CT molecular complexity index is 283. The fourth-order valence-corrected chi connectivity index (χ4v) is 2.65. The summed E-state index contributed by atoms with van der Waals surface area (Å²) < 4.78 is 37.3. The van der Waals surface area contributed by atoms with Gasteiger partial charge in [0.1, 0.15) is 6.54 Å². The van der Waals surface area contributed by atoms with Gasteiger partial charge in [-0.3, -0.25) is 0 Å². The topological polar surface area (TPSA) is 15.3 Å². The quantitative estimate of drug-likeness (QED) is 0.791. The summed E-state index contributed by atoms with van der Waals surface area (Å²) >= 11 is 5.11. The first-order chi connectivity index (χ1) is 7.96. The van der Waals surface area contributed by atoms with Crippen LogP contribution in [0.4, 0.5) is 13.2 Å². The molecule has 17 heavy (non-hydrogen) atoms. The third-order valence-corrected chi connectivity index (χ3v) is 3.63. The Labute approximate surface area is 105 Å². The molecule has 98 valence electrons. The first-order valence-corrected chi connectivity index (χ1v) is 6.50. The number of nitrogens with one attached hydrogen (secondary N) is 1. The van der Waals surface area contributed by atoms with Gasteiger partial charge in [0.05, 0.1) is 0 Å². The summed E-state index contributed by atoms with van der Waals surface area (Å²) in [6.45, 7) is -0.920. The van der Waals surface area contributed by atoms with Gasteiger partial charge in [0.25, 0.3) is 0 Å². The van der Waals surface area contributed by atoms with E-state index >= 15 is 0 Å². The molecule has 2 fully saturated rings. The molecule has 0 aliphatic heterocycles. The van der Waals surface area contributed by atoms with E-state index in [1.165, 1.54) is 4.90 Å². The maximum atomic E-state index is 12.4. The van der Waals surface area contributed by atoms with Crippen LogP contribution in [0.2, 0.25) is 0 Å². The summed E-state index contributed by atoms with van der Waals surface area (Å²) in [5, 5.41) is 3.37. The lowest BCUT2D eigenvalue weighted by atomic mass is 10.2. The molecule has 0 aromatic rings. The summed E-state index contributed by atoms with van der Waals surface area (Å²) in [7, 11) is 0. The largest absolute Gasteiger partial charge is 0.406 e. The van der Waals surface area contributed by atoms with E-state index in [0.29, 0.717) is 0 Å². The van der Waals surface area contributed by atoms with Crippen LogP contribution in [0.15, 0.2) is 0 Å². The fraction of sp³-hybridized carbons (Fsp3) is 0.909. The molecule has 1 N–H and O–H groups in total. The predicted molar refractivity (Wildman–Crippen MR) is 63.8 cm³/mol. The highest BCUT2D eigenvalue weighted by Gasteiger charge is 2.39.